The second kappa shape index (κ2) is 9.57. The van der Waals surface area contributed by atoms with Gasteiger partial charge < -0.3 is 14.7 Å². The van der Waals surface area contributed by atoms with E-state index < -0.39 is 17.7 Å². The number of unbranched alkanes of at least 4 members (excludes halogenated alkanes) is 1. The van der Waals surface area contributed by atoms with Crippen molar-refractivity contribution < 1.29 is 19.4 Å². The number of ether oxygens (including phenoxy) is 1. The average Bonchev–Trinajstić information content (AvgIpc) is 3.10. The van der Waals surface area contributed by atoms with E-state index in [0.717, 1.165) is 34.7 Å². The lowest BCUT2D eigenvalue weighted by atomic mass is 9.84. The lowest BCUT2D eigenvalue weighted by Gasteiger charge is -2.27. The van der Waals surface area contributed by atoms with Crippen molar-refractivity contribution in [1.82, 2.24) is 4.90 Å². The van der Waals surface area contributed by atoms with Crippen LogP contribution in [0.4, 0.5) is 0 Å². The highest BCUT2D eigenvalue weighted by Crippen LogP contribution is 2.43. The summed E-state index contributed by atoms with van der Waals surface area (Å²) in [5, 5.41) is 13.5. The Kier molecular flexibility index (Phi) is 6.70. The van der Waals surface area contributed by atoms with E-state index in [1.807, 2.05) is 48.5 Å². The molecule has 1 aliphatic heterocycles. The molecular formula is C30H33NO4. The molecule has 1 amide bonds. The van der Waals surface area contributed by atoms with Crippen molar-refractivity contribution in [2.45, 2.75) is 52.0 Å². The number of Topliss-reactive ketones (excluding diaryl/α,β-unsaturated/α-hetero) is 1. The van der Waals surface area contributed by atoms with Crippen LogP contribution >= 0.6 is 0 Å². The van der Waals surface area contributed by atoms with E-state index in [0.29, 0.717) is 17.9 Å². The standard InChI is InChI=1S/C30H33NO4/c1-6-7-17-31-26(22-14-10-12-19-11-8-9-13-21(19)22)25(28(33)29(31)34)27(32)20-15-16-24(35-5)23(18-20)30(2,3)4/h8-16,18,26,32H,6-7,17H2,1-5H3/b27-25+. The maximum absolute atomic E-state index is 13.4. The van der Waals surface area contributed by atoms with Gasteiger partial charge in [0.1, 0.15) is 11.5 Å². The number of likely N-dealkylation sites (tertiary alicyclic amines) is 1. The number of hydrogen-bond acceptors (Lipinski definition) is 4. The number of carbonyl (C=O) groups is 2. The fourth-order valence-electron chi connectivity index (χ4n) is 4.85. The quantitative estimate of drug-likeness (QED) is 0.258. The normalized spacial score (nSPS) is 17.9. The lowest BCUT2D eigenvalue weighted by Crippen LogP contribution is -2.30. The summed E-state index contributed by atoms with van der Waals surface area (Å²) in [4.78, 5) is 28.2. The van der Waals surface area contributed by atoms with Crippen LogP contribution in [0.2, 0.25) is 0 Å². The third kappa shape index (κ3) is 4.43. The smallest absolute Gasteiger partial charge is 0.295 e. The first-order valence-corrected chi connectivity index (χ1v) is 12.1. The topological polar surface area (TPSA) is 66.8 Å². The molecule has 35 heavy (non-hydrogen) atoms. The monoisotopic (exact) mass is 471 g/mol. The molecule has 182 valence electrons. The summed E-state index contributed by atoms with van der Waals surface area (Å²) in [6, 6.07) is 18.5. The van der Waals surface area contributed by atoms with E-state index in [1.165, 1.54) is 0 Å². The minimum absolute atomic E-state index is 0.132. The molecule has 0 spiro atoms. The average molecular weight is 472 g/mol. The van der Waals surface area contributed by atoms with Crippen LogP contribution in [0.5, 0.6) is 5.75 Å². The van der Waals surface area contributed by atoms with Crippen LogP contribution in [0.25, 0.3) is 16.5 Å². The first-order chi connectivity index (χ1) is 16.7. The Labute approximate surface area is 207 Å². The molecule has 1 atom stereocenters. The summed E-state index contributed by atoms with van der Waals surface area (Å²) >= 11 is 0. The van der Waals surface area contributed by atoms with Crippen LogP contribution in [-0.2, 0) is 15.0 Å². The fraction of sp³-hybridized carbons (Fsp3) is 0.333. The zero-order valence-electron chi connectivity index (χ0n) is 21.1. The summed E-state index contributed by atoms with van der Waals surface area (Å²) in [5.41, 5.74) is 2.13. The summed E-state index contributed by atoms with van der Waals surface area (Å²) in [6.45, 7) is 8.69. The van der Waals surface area contributed by atoms with Gasteiger partial charge in [0, 0.05) is 17.7 Å². The van der Waals surface area contributed by atoms with E-state index in [-0.39, 0.29) is 16.7 Å². The molecule has 1 heterocycles. The van der Waals surface area contributed by atoms with Gasteiger partial charge in [0.25, 0.3) is 11.7 Å². The molecule has 3 aromatic rings. The van der Waals surface area contributed by atoms with Gasteiger partial charge in [-0.3, -0.25) is 9.59 Å². The Morgan fingerprint density at radius 2 is 1.74 bits per heavy atom. The van der Waals surface area contributed by atoms with Crippen molar-refractivity contribution in [2.24, 2.45) is 0 Å². The first kappa shape index (κ1) is 24.5. The Hall–Kier alpha value is -3.60. The molecule has 1 fully saturated rings. The summed E-state index contributed by atoms with van der Waals surface area (Å²) in [7, 11) is 1.61. The Bertz CT molecular complexity index is 1310. The predicted molar refractivity (Wildman–Crippen MR) is 140 cm³/mol. The van der Waals surface area contributed by atoms with Gasteiger partial charge in [-0.2, -0.15) is 0 Å². The maximum atomic E-state index is 13.4. The van der Waals surface area contributed by atoms with Crippen LogP contribution in [0, 0.1) is 0 Å². The van der Waals surface area contributed by atoms with Gasteiger partial charge in [0.2, 0.25) is 0 Å². The van der Waals surface area contributed by atoms with E-state index in [4.69, 9.17) is 4.74 Å². The number of rotatable bonds is 6. The van der Waals surface area contributed by atoms with Gasteiger partial charge in [-0.05, 0) is 46.4 Å². The molecule has 3 aromatic carbocycles. The number of fused-ring (bicyclic) bond motifs is 1. The molecule has 0 radical (unpaired) electrons. The minimum atomic E-state index is -0.659. The highest BCUT2D eigenvalue weighted by atomic mass is 16.5. The lowest BCUT2D eigenvalue weighted by molar-refractivity contribution is -0.139. The molecule has 5 heteroatoms. The van der Waals surface area contributed by atoms with Crippen LogP contribution < -0.4 is 4.74 Å². The molecule has 1 saturated heterocycles. The predicted octanol–water partition coefficient (Wildman–Crippen LogP) is 6.37. The zero-order chi connectivity index (χ0) is 25.3. The van der Waals surface area contributed by atoms with Crippen molar-refractivity contribution in [2.75, 3.05) is 13.7 Å². The van der Waals surface area contributed by atoms with Gasteiger partial charge in [-0.1, -0.05) is 76.6 Å². The Morgan fingerprint density at radius 3 is 2.43 bits per heavy atom. The van der Waals surface area contributed by atoms with Crippen molar-refractivity contribution in [3.8, 4) is 5.75 Å². The van der Waals surface area contributed by atoms with Crippen molar-refractivity contribution >= 4 is 28.2 Å². The molecular weight excluding hydrogens is 438 g/mol. The minimum Gasteiger partial charge on any atom is -0.507 e. The van der Waals surface area contributed by atoms with Crippen LogP contribution in [0.15, 0.2) is 66.2 Å². The number of ketones is 1. The largest absolute Gasteiger partial charge is 0.507 e. The second-order valence-corrected chi connectivity index (χ2v) is 10.1. The highest BCUT2D eigenvalue weighted by molar-refractivity contribution is 6.46. The summed E-state index contributed by atoms with van der Waals surface area (Å²) in [5.74, 6) is -0.663. The van der Waals surface area contributed by atoms with E-state index in [1.54, 1.807) is 24.1 Å². The van der Waals surface area contributed by atoms with Gasteiger partial charge in [-0.25, -0.2) is 0 Å². The molecule has 1 aliphatic rings. The molecule has 4 rings (SSSR count). The van der Waals surface area contributed by atoms with Crippen molar-refractivity contribution in [1.29, 1.82) is 0 Å². The second-order valence-electron chi connectivity index (χ2n) is 10.1. The van der Waals surface area contributed by atoms with Crippen molar-refractivity contribution in [3.63, 3.8) is 0 Å². The van der Waals surface area contributed by atoms with Crippen LogP contribution in [0.1, 0.15) is 63.3 Å². The first-order valence-electron chi connectivity index (χ1n) is 12.1. The van der Waals surface area contributed by atoms with Gasteiger partial charge in [0.05, 0.1) is 18.7 Å². The number of methoxy groups -OCH3 is 1. The number of benzene rings is 3. The highest BCUT2D eigenvalue weighted by Gasteiger charge is 2.46. The molecule has 0 aliphatic carbocycles. The molecule has 0 bridgehead atoms. The third-order valence-corrected chi connectivity index (χ3v) is 6.69. The Balaban J connectivity index is 1.96. The van der Waals surface area contributed by atoms with E-state index in [9.17, 15) is 14.7 Å². The number of nitrogens with zero attached hydrogens (tertiary/aromatic N) is 1. The molecule has 1 unspecified atom stereocenters. The van der Waals surface area contributed by atoms with E-state index in [2.05, 4.69) is 27.7 Å². The van der Waals surface area contributed by atoms with Crippen molar-refractivity contribution in [3.05, 3.63) is 82.9 Å². The third-order valence-electron chi connectivity index (χ3n) is 6.69. The summed E-state index contributed by atoms with van der Waals surface area (Å²) < 4.78 is 5.54. The number of amides is 1. The van der Waals surface area contributed by atoms with Gasteiger partial charge in [0.15, 0.2) is 0 Å². The number of aliphatic hydroxyl groups is 1. The van der Waals surface area contributed by atoms with Crippen LogP contribution in [-0.4, -0.2) is 35.4 Å². The number of hydrogen-bond donors (Lipinski definition) is 1. The molecule has 0 saturated carbocycles. The molecule has 0 aromatic heterocycles. The molecule has 1 N–H and O–H groups in total. The SMILES string of the molecule is CCCCN1C(=O)C(=O)/C(=C(/O)c2ccc(OC)c(C(C)(C)C)c2)C1c1cccc2ccccc12. The van der Waals surface area contributed by atoms with Gasteiger partial charge in [-0.15, -0.1) is 0 Å². The van der Waals surface area contributed by atoms with Crippen LogP contribution in [0.3, 0.4) is 0 Å². The summed E-state index contributed by atoms with van der Waals surface area (Å²) in [6.07, 6.45) is 1.66. The fourth-order valence-corrected chi connectivity index (χ4v) is 4.85. The van der Waals surface area contributed by atoms with Gasteiger partial charge >= 0.3 is 0 Å². The zero-order valence-corrected chi connectivity index (χ0v) is 21.1. The Morgan fingerprint density at radius 1 is 1.03 bits per heavy atom. The number of aliphatic hydroxyl groups excluding tert-OH is 1. The maximum Gasteiger partial charge on any atom is 0.295 e. The van der Waals surface area contributed by atoms with E-state index >= 15 is 0 Å². The molecule has 5 nitrogen and oxygen atoms in total. The number of carbonyl (C=O) groups excluding carboxylic acids is 2.